The Bertz CT molecular complexity index is 313. The van der Waals surface area contributed by atoms with Crippen LogP contribution in [0.4, 0.5) is 0 Å². The van der Waals surface area contributed by atoms with Crippen LogP contribution in [-0.4, -0.2) is 13.9 Å². The number of ether oxygens (including phenoxy) is 2. The predicted octanol–water partition coefficient (Wildman–Crippen LogP) is 3.64. The molecule has 0 aliphatic heterocycles. The highest BCUT2D eigenvalue weighted by atomic mass is 79.9. The molecule has 78 valence electrons. The third-order valence-electron chi connectivity index (χ3n) is 1.78. The summed E-state index contributed by atoms with van der Waals surface area (Å²) < 4.78 is 11.4. The van der Waals surface area contributed by atoms with Gasteiger partial charge in [0.25, 0.3) is 0 Å². The van der Waals surface area contributed by atoms with E-state index in [0.29, 0.717) is 0 Å². The number of halogens is 2. The molecule has 0 saturated heterocycles. The Labute approximate surface area is 101 Å². The molecule has 4 heteroatoms. The summed E-state index contributed by atoms with van der Waals surface area (Å²) in [7, 11) is 1.61. The number of hydrogen-bond donors (Lipinski definition) is 0. The molecular weight excluding hydrogens is 312 g/mol. The maximum atomic E-state index is 5.49. The SMILES string of the molecule is COCOc1c(C)cc(Br)cc1CBr. The van der Waals surface area contributed by atoms with Crippen LogP contribution in [0.25, 0.3) is 0 Å². The molecule has 0 fully saturated rings. The predicted molar refractivity (Wildman–Crippen MR) is 64.0 cm³/mol. The Morgan fingerprint density at radius 2 is 2.07 bits per heavy atom. The maximum absolute atomic E-state index is 5.49. The van der Waals surface area contributed by atoms with Gasteiger partial charge in [-0.2, -0.15) is 0 Å². The lowest BCUT2D eigenvalue weighted by molar-refractivity contribution is 0.0501. The minimum absolute atomic E-state index is 0.280. The van der Waals surface area contributed by atoms with Gasteiger partial charge in [-0.1, -0.05) is 31.9 Å². The molecule has 2 nitrogen and oxygen atoms in total. The van der Waals surface area contributed by atoms with Gasteiger partial charge in [0, 0.05) is 22.5 Å². The Morgan fingerprint density at radius 3 is 2.64 bits per heavy atom. The van der Waals surface area contributed by atoms with Gasteiger partial charge in [0.2, 0.25) is 0 Å². The topological polar surface area (TPSA) is 18.5 Å². The van der Waals surface area contributed by atoms with Crippen molar-refractivity contribution in [2.75, 3.05) is 13.9 Å². The zero-order valence-electron chi connectivity index (χ0n) is 8.14. The van der Waals surface area contributed by atoms with Crippen molar-refractivity contribution in [3.8, 4) is 5.75 Å². The smallest absolute Gasteiger partial charge is 0.188 e. The third-order valence-corrected chi connectivity index (χ3v) is 2.84. The third kappa shape index (κ3) is 2.97. The lowest BCUT2D eigenvalue weighted by Crippen LogP contribution is -2.02. The van der Waals surface area contributed by atoms with Crippen LogP contribution in [0.5, 0.6) is 5.75 Å². The van der Waals surface area contributed by atoms with E-state index in [1.165, 1.54) is 0 Å². The monoisotopic (exact) mass is 322 g/mol. The summed E-state index contributed by atoms with van der Waals surface area (Å²) in [4.78, 5) is 0. The van der Waals surface area contributed by atoms with Crippen LogP contribution in [-0.2, 0) is 10.1 Å². The van der Waals surface area contributed by atoms with E-state index in [2.05, 4.69) is 31.9 Å². The molecule has 0 atom stereocenters. The van der Waals surface area contributed by atoms with Crippen molar-refractivity contribution in [2.24, 2.45) is 0 Å². The maximum Gasteiger partial charge on any atom is 0.188 e. The van der Waals surface area contributed by atoms with Crippen LogP contribution in [0, 0.1) is 6.92 Å². The molecule has 0 N–H and O–H groups in total. The quantitative estimate of drug-likeness (QED) is 0.622. The largest absolute Gasteiger partial charge is 0.467 e. The van der Waals surface area contributed by atoms with E-state index in [4.69, 9.17) is 9.47 Å². The number of methoxy groups -OCH3 is 1. The summed E-state index contributed by atoms with van der Waals surface area (Å²) in [6, 6.07) is 4.06. The summed E-state index contributed by atoms with van der Waals surface area (Å²) in [5.41, 5.74) is 2.22. The molecule has 0 radical (unpaired) electrons. The van der Waals surface area contributed by atoms with E-state index in [1.54, 1.807) is 7.11 Å². The van der Waals surface area contributed by atoms with E-state index < -0.39 is 0 Å². The molecule has 14 heavy (non-hydrogen) atoms. The van der Waals surface area contributed by atoms with Crippen LogP contribution in [0.2, 0.25) is 0 Å². The molecule has 0 unspecified atom stereocenters. The van der Waals surface area contributed by atoms with Crippen LogP contribution in [0.1, 0.15) is 11.1 Å². The molecule has 0 bridgehead atoms. The first-order valence-electron chi connectivity index (χ1n) is 4.15. The number of benzene rings is 1. The highest BCUT2D eigenvalue weighted by molar-refractivity contribution is 9.10. The lowest BCUT2D eigenvalue weighted by atomic mass is 10.1. The van der Waals surface area contributed by atoms with Crippen molar-refractivity contribution in [2.45, 2.75) is 12.3 Å². The van der Waals surface area contributed by atoms with Crippen molar-refractivity contribution >= 4 is 31.9 Å². The summed E-state index contributed by atoms with van der Waals surface area (Å²) >= 11 is 6.88. The Balaban J connectivity index is 2.99. The van der Waals surface area contributed by atoms with Crippen LogP contribution in [0.3, 0.4) is 0 Å². The first-order chi connectivity index (χ1) is 6.69. The molecule has 1 rings (SSSR count). The van der Waals surface area contributed by atoms with E-state index in [1.807, 2.05) is 19.1 Å². The van der Waals surface area contributed by atoms with Gasteiger partial charge in [-0.3, -0.25) is 0 Å². The van der Waals surface area contributed by atoms with Crippen LogP contribution < -0.4 is 4.74 Å². The lowest BCUT2D eigenvalue weighted by Gasteiger charge is -2.12. The Hall–Kier alpha value is -0.0600. The molecule has 1 aromatic carbocycles. The summed E-state index contributed by atoms with van der Waals surface area (Å²) in [6.07, 6.45) is 0. The second-order valence-electron chi connectivity index (χ2n) is 2.90. The van der Waals surface area contributed by atoms with Crippen LogP contribution in [0.15, 0.2) is 16.6 Å². The highest BCUT2D eigenvalue weighted by Crippen LogP contribution is 2.29. The van der Waals surface area contributed by atoms with Gasteiger partial charge in [-0.05, 0) is 24.6 Å². The molecule has 0 aromatic heterocycles. The number of hydrogen-bond acceptors (Lipinski definition) is 2. The van der Waals surface area contributed by atoms with Gasteiger partial charge in [0.15, 0.2) is 6.79 Å². The average molecular weight is 324 g/mol. The van der Waals surface area contributed by atoms with Crippen molar-refractivity contribution < 1.29 is 9.47 Å². The summed E-state index contributed by atoms with van der Waals surface area (Å²) in [5.74, 6) is 0.895. The minimum atomic E-state index is 0.280. The Kier molecular flexibility index (Phi) is 4.92. The van der Waals surface area contributed by atoms with Crippen molar-refractivity contribution in [3.63, 3.8) is 0 Å². The fraction of sp³-hybridized carbons (Fsp3) is 0.400. The molecule has 0 saturated carbocycles. The Morgan fingerprint density at radius 1 is 1.36 bits per heavy atom. The van der Waals surface area contributed by atoms with Gasteiger partial charge in [0.05, 0.1) is 0 Å². The molecule has 1 aromatic rings. The van der Waals surface area contributed by atoms with E-state index in [0.717, 1.165) is 26.7 Å². The molecule has 0 aliphatic carbocycles. The van der Waals surface area contributed by atoms with Crippen molar-refractivity contribution in [1.82, 2.24) is 0 Å². The van der Waals surface area contributed by atoms with E-state index in [-0.39, 0.29) is 6.79 Å². The summed E-state index contributed by atoms with van der Waals surface area (Å²) in [5, 5.41) is 0.770. The number of rotatable bonds is 4. The summed E-state index contributed by atoms with van der Waals surface area (Å²) in [6.45, 7) is 2.30. The van der Waals surface area contributed by atoms with Gasteiger partial charge in [0.1, 0.15) is 5.75 Å². The zero-order valence-corrected chi connectivity index (χ0v) is 11.3. The number of alkyl halides is 1. The highest BCUT2D eigenvalue weighted by Gasteiger charge is 2.07. The second-order valence-corrected chi connectivity index (χ2v) is 4.37. The number of aryl methyl sites for hydroxylation is 1. The molecule has 0 spiro atoms. The van der Waals surface area contributed by atoms with E-state index >= 15 is 0 Å². The second kappa shape index (κ2) is 5.73. The normalized spacial score (nSPS) is 10.3. The van der Waals surface area contributed by atoms with Gasteiger partial charge in [-0.15, -0.1) is 0 Å². The standard InChI is InChI=1S/C10H12Br2O2/c1-7-3-9(12)4-8(5-11)10(7)14-6-13-2/h3-4H,5-6H2,1-2H3. The fourth-order valence-electron chi connectivity index (χ4n) is 1.22. The van der Waals surface area contributed by atoms with Crippen molar-refractivity contribution in [3.05, 3.63) is 27.7 Å². The molecule has 0 aliphatic rings. The molecular formula is C10H12Br2O2. The van der Waals surface area contributed by atoms with Crippen molar-refractivity contribution in [1.29, 1.82) is 0 Å². The first-order valence-corrected chi connectivity index (χ1v) is 6.07. The zero-order chi connectivity index (χ0) is 10.6. The average Bonchev–Trinajstić information content (AvgIpc) is 2.15. The molecule has 0 heterocycles. The van der Waals surface area contributed by atoms with Crippen LogP contribution >= 0.6 is 31.9 Å². The first kappa shape index (κ1) is 12.0. The fourth-order valence-corrected chi connectivity index (χ4v) is 2.26. The molecule has 0 amide bonds. The van der Waals surface area contributed by atoms with Gasteiger partial charge >= 0.3 is 0 Å². The minimum Gasteiger partial charge on any atom is -0.467 e. The van der Waals surface area contributed by atoms with Gasteiger partial charge in [-0.25, -0.2) is 0 Å². The van der Waals surface area contributed by atoms with E-state index in [9.17, 15) is 0 Å². The van der Waals surface area contributed by atoms with Gasteiger partial charge < -0.3 is 9.47 Å².